The Morgan fingerprint density at radius 2 is 1.75 bits per heavy atom. The Labute approximate surface area is 159 Å². The van der Waals surface area contributed by atoms with E-state index in [-0.39, 0.29) is 23.8 Å². The van der Waals surface area contributed by atoms with Gasteiger partial charge >= 0.3 is 0 Å². The molecule has 4 aromatic rings. The summed E-state index contributed by atoms with van der Waals surface area (Å²) in [5.74, 6) is -0.833. The molecule has 1 aromatic heterocycles. The van der Waals surface area contributed by atoms with E-state index in [1.54, 1.807) is 42.5 Å². The molecule has 0 bridgehead atoms. The predicted molar refractivity (Wildman–Crippen MR) is 101 cm³/mol. The first-order chi connectivity index (χ1) is 13.6. The first-order valence-electron chi connectivity index (χ1n) is 8.52. The van der Waals surface area contributed by atoms with E-state index in [0.29, 0.717) is 22.2 Å². The molecule has 0 spiro atoms. The maximum absolute atomic E-state index is 13.8. The summed E-state index contributed by atoms with van der Waals surface area (Å²) in [4.78, 5) is 12.3. The van der Waals surface area contributed by atoms with Crippen molar-refractivity contribution in [2.45, 2.75) is 6.61 Å². The van der Waals surface area contributed by atoms with E-state index in [2.05, 4.69) is 15.5 Å². The third-order valence-electron chi connectivity index (χ3n) is 4.24. The summed E-state index contributed by atoms with van der Waals surface area (Å²) in [5.41, 5.74) is 1.02. The maximum atomic E-state index is 13.8. The van der Waals surface area contributed by atoms with Gasteiger partial charge < -0.3 is 10.1 Å². The third kappa shape index (κ3) is 3.55. The molecule has 4 rings (SSSR count). The van der Waals surface area contributed by atoms with Crippen LogP contribution in [0.25, 0.3) is 10.9 Å². The Balaban J connectivity index is 1.55. The van der Waals surface area contributed by atoms with Gasteiger partial charge in [0.25, 0.3) is 5.91 Å². The Morgan fingerprint density at radius 1 is 1.00 bits per heavy atom. The molecule has 5 nitrogen and oxygen atoms in total. The molecular formula is C21H15F2N3O2. The molecule has 7 heteroatoms. The number of amides is 1. The quantitative estimate of drug-likeness (QED) is 0.529. The van der Waals surface area contributed by atoms with Crippen molar-refractivity contribution in [2.24, 2.45) is 0 Å². The van der Waals surface area contributed by atoms with Crippen LogP contribution in [-0.2, 0) is 6.61 Å². The van der Waals surface area contributed by atoms with Crippen molar-refractivity contribution in [3.63, 3.8) is 0 Å². The maximum Gasteiger partial charge on any atom is 0.259 e. The van der Waals surface area contributed by atoms with Crippen molar-refractivity contribution in [2.75, 3.05) is 5.32 Å². The molecule has 0 saturated heterocycles. The topological polar surface area (TPSA) is 67.0 Å². The van der Waals surface area contributed by atoms with Crippen LogP contribution in [0.15, 0.2) is 66.7 Å². The molecule has 0 atom stereocenters. The normalized spacial score (nSPS) is 10.8. The number of aromatic amines is 1. The fourth-order valence-corrected chi connectivity index (χ4v) is 2.77. The number of ether oxygens (including phenoxy) is 1. The lowest BCUT2D eigenvalue weighted by atomic mass is 10.2. The summed E-state index contributed by atoms with van der Waals surface area (Å²) in [6, 6.07) is 17.2. The first-order valence-corrected chi connectivity index (χ1v) is 8.52. The van der Waals surface area contributed by atoms with E-state index >= 15 is 0 Å². The monoisotopic (exact) mass is 379 g/mol. The number of halogens is 2. The van der Waals surface area contributed by atoms with Gasteiger partial charge in [0.2, 0.25) is 0 Å². The fourth-order valence-electron chi connectivity index (χ4n) is 2.77. The number of nitrogens with one attached hydrogen (secondary N) is 2. The zero-order valence-electron chi connectivity index (χ0n) is 14.6. The molecule has 3 aromatic carbocycles. The number of hydrogen-bond acceptors (Lipinski definition) is 3. The molecule has 0 fully saturated rings. The van der Waals surface area contributed by atoms with Crippen LogP contribution in [0.2, 0.25) is 0 Å². The van der Waals surface area contributed by atoms with E-state index < -0.39 is 11.7 Å². The number of anilines is 1. The number of aromatic nitrogens is 2. The number of nitrogens with zero attached hydrogens (tertiary/aromatic N) is 1. The predicted octanol–water partition coefficient (Wildman–Crippen LogP) is 4.67. The van der Waals surface area contributed by atoms with Crippen molar-refractivity contribution < 1.29 is 18.3 Å². The zero-order valence-corrected chi connectivity index (χ0v) is 14.6. The molecule has 2 N–H and O–H groups in total. The van der Waals surface area contributed by atoms with E-state index in [4.69, 9.17) is 4.74 Å². The highest BCUT2D eigenvalue weighted by molar-refractivity contribution is 6.08. The zero-order chi connectivity index (χ0) is 19.5. The van der Waals surface area contributed by atoms with Crippen molar-refractivity contribution in [1.29, 1.82) is 0 Å². The average Bonchev–Trinajstić information content (AvgIpc) is 3.10. The standard InChI is InChI=1S/C21H15F2N3O2/c22-17-7-3-1-5-13(17)12-28-14-9-10-19-16(11-14)20(26-25-19)24-21(27)15-6-2-4-8-18(15)23/h1-11H,12H2,(H2,24,25,26,27). The Morgan fingerprint density at radius 3 is 2.54 bits per heavy atom. The molecule has 1 heterocycles. The van der Waals surface area contributed by atoms with Gasteiger partial charge in [0, 0.05) is 10.9 Å². The highest BCUT2D eigenvalue weighted by Crippen LogP contribution is 2.26. The lowest BCUT2D eigenvalue weighted by Gasteiger charge is -2.08. The number of H-pyrrole nitrogens is 1. The lowest BCUT2D eigenvalue weighted by Crippen LogP contribution is -2.14. The second kappa shape index (κ2) is 7.48. The van der Waals surface area contributed by atoms with Gasteiger partial charge in [-0.25, -0.2) is 8.78 Å². The summed E-state index contributed by atoms with van der Waals surface area (Å²) in [6.07, 6.45) is 0. The molecule has 0 saturated carbocycles. The van der Waals surface area contributed by atoms with Crippen LogP contribution in [0.5, 0.6) is 5.75 Å². The number of fused-ring (bicyclic) bond motifs is 1. The summed E-state index contributed by atoms with van der Waals surface area (Å²) in [6.45, 7) is 0.0625. The Hall–Kier alpha value is -3.74. The van der Waals surface area contributed by atoms with Crippen LogP contribution in [0.1, 0.15) is 15.9 Å². The van der Waals surface area contributed by atoms with E-state index in [1.165, 1.54) is 24.3 Å². The Kier molecular flexibility index (Phi) is 4.72. The number of rotatable bonds is 5. The van der Waals surface area contributed by atoms with Crippen molar-refractivity contribution in [3.05, 3.63) is 89.5 Å². The van der Waals surface area contributed by atoms with Crippen molar-refractivity contribution >= 4 is 22.6 Å². The molecular weight excluding hydrogens is 364 g/mol. The summed E-state index contributed by atoms with van der Waals surface area (Å²) in [5, 5.41) is 10.1. The molecule has 0 aliphatic rings. The summed E-state index contributed by atoms with van der Waals surface area (Å²) in [7, 11) is 0. The first kappa shape index (κ1) is 17.7. The highest BCUT2D eigenvalue weighted by Gasteiger charge is 2.15. The summed E-state index contributed by atoms with van der Waals surface area (Å²) < 4.78 is 33.2. The van der Waals surface area contributed by atoms with Gasteiger partial charge in [0.1, 0.15) is 24.0 Å². The SMILES string of the molecule is O=C(Nc1n[nH]c2ccc(OCc3ccccc3F)cc12)c1ccccc1F. The molecule has 1 amide bonds. The number of benzene rings is 3. The lowest BCUT2D eigenvalue weighted by molar-refractivity contribution is 0.102. The minimum Gasteiger partial charge on any atom is -0.489 e. The highest BCUT2D eigenvalue weighted by atomic mass is 19.1. The minimum absolute atomic E-state index is 0.0625. The van der Waals surface area contributed by atoms with Crippen LogP contribution < -0.4 is 10.1 Å². The smallest absolute Gasteiger partial charge is 0.259 e. The molecule has 140 valence electrons. The van der Waals surface area contributed by atoms with Crippen LogP contribution in [0.3, 0.4) is 0 Å². The van der Waals surface area contributed by atoms with Crippen LogP contribution in [-0.4, -0.2) is 16.1 Å². The van der Waals surface area contributed by atoms with Gasteiger partial charge in [-0.15, -0.1) is 0 Å². The van der Waals surface area contributed by atoms with E-state index in [9.17, 15) is 13.6 Å². The number of carbonyl (C=O) groups is 1. The molecule has 0 unspecified atom stereocenters. The molecule has 28 heavy (non-hydrogen) atoms. The van der Waals surface area contributed by atoms with Crippen molar-refractivity contribution in [3.8, 4) is 5.75 Å². The second-order valence-corrected chi connectivity index (χ2v) is 6.09. The molecule has 0 radical (unpaired) electrons. The fraction of sp³-hybridized carbons (Fsp3) is 0.0476. The van der Waals surface area contributed by atoms with Gasteiger partial charge in [0.05, 0.1) is 11.1 Å². The second-order valence-electron chi connectivity index (χ2n) is 6.09. The number of carbonyl (C=O) groups excluding carboxylic acids is 1. The van der Waals surface area contributed by atoms with Gasteiger partial charge in [-0.05, 0) is 36.4 Å². The van der Waals surface area contributed by atoms with E-state index in [1.807, 2.05) is 0 Å². The molecule has 0 aliphatic heterocycles. The minimum atomic E-state index is -0.617. The Bertz CT molecular complexity index is 1160. The third-order valence-corrected chi connectivity index (χ3v) is 4.24. The van der Waals surface area contributed by atoms with Crippen LogP contribution in [0, 0.1) is 11.6 Å². The van der Waals surface area contributed by atoms with Gasteiger partial charge in [-0.3, -0.25) is 9.89 Å². The van der Waals surface area contributed by atoms with Gasteiger partial charge in [-0.1, -0.05) is 30.3 Å². The van der Waals surface area contributed by atoms with Gasteiger partial charge in [0.15, 0.2) is 5.82 Å². The van der Waals surface area contributed by atoms with Gasteiger partial charge in [-0.2, -0.15) is 5.10 Å². The van der Waals surface area contributed by atoms with Crippen molar-refractivity contribution in [1.82, 2.24) is 10.2 Å². The molecule has 0 aliphatic carbocycles. The number of hydrogen-bond donors (Lipinski definition) is 2. The van der Waals surface area contributed by atoms with Crippen LogP contribution in [0.4, 0.5) is 14.6 Å². The van der Waals surface area contributed by atoms with E-state index in [0.717, 1.165) is 0 Å². The van der Waals surface area contributed by atoms with Crippen LogP contribution >= 0.6 is 0 Å². The largest absolute Gasteiger partial charge is 0.489 e. The summed E-state index contributed by atoms with van der Waals surface area (Å²) >= 11 is 0. The average molecular weight is 379 g/mol.